The van der Waals surface area contributed by atoms with Gasteiger partial charge in [0.15, 0.2) is 0 Å². The van der Waals surface area contributed by atoms with Gasteiger partial charge in [-0.3, -0.25) is 4.79 Å². The van der Waals surface area contributed by atoms with Crippen molar-refractivity contribution in [3.8, 4) is 0 Å². The zero-order valence-electron chi connectivity index (χ0n) is 13.3. The summed E-state index contributed by atoms with van der Waals surface area (Å²) < 4.78 is 0. The van der Waals surface area contributed by atoms with E-state index in [2.05, 4.69) is 24.5 Å². The number of benzene rings is 1. The number of rotatable bonds is 5. The van der Waals surface area contributed by atoms with Gasteiger partial charge in [-0.15, -0.1) is 0 Å². The average Bonchev–Trinajstić information content (AvgIpc) is 2.38. The molecule has 0 aliphatic carbocycles. The van der Waals surface area contributed by atoms with Crippen LogP contribution in [-0.2, 0) is 4.79 Å². The summed E-state index contributed by atoms with van der Waals surface area (Å²) in [5, 5.41) is 14.5. The van der Waals surface area contributed by atoms with E-state index in [1.165, 1.54) is 0 Å². The van der Waals surface area contributed by atoms with Crippen LogP contribution in [0.2, 0.25) is 0 Å². The first-order valence-corrected chi connectivity index (χ1v) is 7.03. The minimum Gasteiger partial charge on any atom is -0.481 e. The van der Waals surface area contributed by atoms with E-state index in [-0.39, 0.29) is 18.5 Å². The molecule has 1 aromatic carbocycles. The number of aliphatic carboxylic acids is 1. The number of para-hydroxylation sites is 1. The maximum absolute atomic E-state index is 12.0. The second kappa shape index (κ2) is 6.61. The monoisotopic (exact) mass is 292 g/mol. The minimum atomic E-state index is -0.996. The summed E-state index contributed by atoms with van der Waals surface area (Å²) in [6, 6.07) is 5.49. The van der Waals surface area contributed by atoms with Gasteiger partial charge in [0.25, 0.3) is 0 Å². The average molecular weight is 292 g/mol. The van der Waals surface area contributed by atoms with E-state index < -0.39 is 11.4 Å². The number of nitrogens with one attached hydrogen (secondary N) is 2. The van der Waals surface area contributed by atoms with E-state index in [0.717, 1.165) is 16.8 Å². The van der Waals surface area contributed by atoms with Gasteiger partial charge in [-0.1, -0.05) is 32.0 Å². The molecule has 0 saturated heterocycles. The predicted octanol–water partition coefficient (Wildman–Crippen LogP) is 3.35. The lowest BCUT2D eigenvalue weighted by Gasteiger charge is -2.21. The van der Waals surface area contributed by atoms with Gasteiger partial charge in [0.1, 0.15) is 0 Å². The number of hydrogen-bond donors (Lipinski definition) is 3. The van der Waals surface area contributed by atoms with E-state index in [9.17, 15) is 9.59 Å². The van der Waals surface area contributed by atoms with Crippen molar-refractivity contribution in [1.29, 1.82) is 0 Å². The molecule has 0 atom stereocenters. The van der Waals surface area contributed by atoms with E-state index in [1.807, 2.05) is 25.1 Å². The summed E-state index contributed by atoms with van der Waals surface area (Å²) in [5.41, 5.74) is 1.83. The van der Waals surface area contributed by atoms with Crippen molar-refractivity contribution in [1.82, 2.24) is 5.32 Å². The highest BCUT2D eigenvalue weighted by Crippen LogP contribution is 2.27. The Balaban J connectivity index is 2.79. The Hall–Kier alpha value is -2.04. The minimum absolute atomic E-state index is 0.0665. The fourth-order valence-electron chi connectivity index (χ4n) is 1.88. The molecule has 1 rings (SSSR count). The number of hydrogen-bond acceptors (Lipinski definition) is 2. The number of carbonyl (C=O) groups excluding carboxylic acids is 1. The molecule has 0 aliphatic heterocycles. The first-order valence-electron chi connectivity index (χ1n) is 7.03. The van der Waals surface area contributed by atoms with Gasteiger partial charge in [0.05, 0.1) is 5.41 Å². The van der Waals surface area contributed by atoms with Crippen LogP contribution in [0, 0.1) is 12.3 Å². The molecule has 0 fully saturated rings. The van der Waals surface area contributed by atoms with Crippen molar-refractivity contribution < 1.29 is 14.7 Å². The van der Waals surface area contributed by atoms with Gasteiger partial charge in [0.2, 0.25) is 0 Å². The number of carbonyl (C=O) groups is 2. The third kappa shape index (κ3) is 4.48. The Bertz CT molecular complexity index is 536. The highest BCUT2D eigenvalue weighted by atomic mass is 16.4. The van der Waals surface area contributed by atoms with Crippen molar-refractivity contribution in [3.63, 3.8) is 0 Å². The molecule has 3 N–H and O–H groups in total. The maximum atomic E-state index is 12.0. The second-order valence-corrected chi connectivity index (χ2v) is 6.19. The molecule has 0 saturated carbocycles. The van der Waals surface area contributed by atoms with E-state index in [1.54, 1.807) is 13.8 Å². The number of carboxylic acid groups (broad SMARTS) is 1. The Morgan fingerprint density at radius 3 is 2.43 bits per heavy atom. The largest absolute Gasteiger partial charge is 0.481 e. The van der Waals surface area contributed by atoms with E-state index in [0.29, 0.717) is 0 Å². The lowest BCUT2D eigenvalue weighted by molar-refractivity contribution is -0.146. The summed E-state index contributed by atoms with van der Waals surface area (Å²) in [6.07, 6.45) is 0. The molecular formula is C16H24N2O3. The predicted molar refractivity (Wildman–Crippen MR) is 83.7 cm³/mol. The van der Waals surface area contributed by atoms with Gasteiger partial charge in [0, 0.05) is 12.2 Å². The first-order chi connectivity index (χ1) is 9.65. The molecule has 0 aromatic heterocycles. The molecule has 5 heteroatoms. The highest BCUT2D eigenvalue weighted by Gasteiger charge is 2.27. The zero-order valence-corrected chi connectivity index (χ0v) is 13.3. The van der Waals surface area contributed by atoms with Crippen LogP contribution in [0.3, 0.4) is 0 Å². The van der Waals surface area contributed by atoms with Crippen molar-refractivity contribution >= 4 is 17.7 Å². The van der Waals surface area contributed by atoms with Crippen LogP contribution < -0.4 is 10.6 Å². The standard InChI is InChI=1S/C16H24N2O3/c1-10(2)12-8-6-7-11(3)13(12)18-15(21)17-9-16(4,5)14(19)20/h6-8,10H,9H2,1-5H3,(H,19,20)(H2,17,18,21). The summed E-state index contributed by atoms with van der Waals surface area (Å²) >= 11 is 0. The number of carboxylic acids is 1. The van der Waals surface area contributed by atoms with Crippen LogP contribution in [0.4, 0.5) is 10.5 Å². The first kappa shape index (κ1) is 17.0. The highest BCUT2D eigenvalue weighted by molar-refractivity contribution is 5.91. The van der Waals surface area contributed by atoms with Crippen LogP contribution in [0.25, 0.3) is 0 Å². The normalized spacial score (nSPS) is 11.3. The van der Waals surface area contributed by atoms with E-state index in [4.69, 9.17) is 5.11 Å². The summed E-state index contributed by atoms with van der Waals surface area (Å²) in [4.78, 5) is 23.0. The topological polar surface area (TPSA) is 78.4 Å². The summed E-state index contributed by atoms with van der Waals surface area (Å²) in [6.45, 7) is 9.27. The smallest absolute Gasteiger partial charge is 0.319 e. The van der Waals surface area contributed by atoms with Gasteiger partial charge >= 0.3 is 12.0 Å². The third-order valence-corrected chi connectivity index (χ3v) is 3.44. The van der Waals surface area contributed by atoms with Gasteiger partial charge in [-0.25, -0.2) is 4.79 Å². The second-order valence-electron chi connectivity index (χ2n) is 6.19. The lowest BCUT2D eigenvalue weighted by Crippen LogP contribution is -2.40. The van der Waals surface area contributed by atoms with Crippen LogP contribution in [0.15, 0.2) is 18.2 Å². The molecule has 21 heavy (non-hydrogen) atoms. The molecule has 0 heterocycles. The van der Waals surface area contributed by atoms with Crippen LogP contribution in [-0.4, -0.2) is 23.7 Å². The van der Waals surface area contributed by atoms with Crippen LogP contribution >= 0.6 is 0 Å². The van der Waals surface area contributed by atoms with Gasteiger partial charge in [-0.2, -0.15) is 0 Å². The molecule has 0 bridgehead atoms. The molecule has 5 nitrogen and oxygen atoms in total. The molecule has 116 valence electrons. The third-order valence-electron chi connectivity index (χ3n) is 3.44. The summed E-state index contributed by atoms with van der Waals surface area (Å²) in [7, 11) is 0. The fraction of sp³-hybridized carbons (Fsp3) is 0.500. The molecule has 1 aromatic rings. The number of urea groups is 1. The molecule has 0 aliphatic rings. The molecular weight excluding hydrogens is 268 g/mol. The summed E-state index contributed by atoms with van der Waals surface area (Å²) in [5.74, 6) is -0.655. The molecule has 0 unspecified atom stereocenters. The lowest BCUT2D eigenvalue weighted by atomic mass is 9.94. The van der Waals surface area contributed by atoms with Gasteiger partial charge < -0.3 is 15.7 Å². The Morgan fingerprint density at radius 2 is 1.90 bits per heavy atom. The van der Waals surface area contributed by atoms with Crippen molar-refractivity contribution in [2.24, 2.45) is 5.41 Å². The SMILES string of the molecule is Cc1cccc(C(C)C)c1NC(=O)NCC(C)(C)C(=O)O. The number of aryl methyl sites for hydroxylation is 1. The molecule has 0 spiro atoms. The quantitative estimate of drug-likeness (QED) is 0.778. The fourth-order valence-corrected chi connectivity index (χ4v) is 1.88. The Morgan fingerprint density at radius 1 is 1.29 bits per heavy atom. The Labute approximate surface area is 125 Å². The Kier molecular flexibility index (Phi) is 5.35. The van der Waals surface area contributed by atoms with Crippen LogP contribution in [0.5, 0.6) is 0 Å². The van der Waals surface area contributed by atoms with E-state index >= 15 is 0 Å². The van der Waals surface area contributed by atoms with Gasteiger partial charge in [-0.05, 0) is 37.8 Å². The number of amides is 2. The van der Waals surface area contributed by atoms with Crippen molar-refractivity contribution in [2.45, 2.75) is 40.5 Å². The molecule has 0 radical (unpaired) electrons. The van der Waals surface area contributed by atoms with Crippen molar-refractivity contribution in [3.05, 3.63) is 29.3 Å². The maximum Gasteiger partial charge on any atom is 0.319 e. The molecule has 2 amide bonds. The zero-order chi connectivity index (χ0) is 16.2. The van der Waals surface area contributed by atoms with Crippen molar-refractivity contribution in [2.75, 3.05) is 11.9 Å². The van der Waals surface area contributed by atoms with Crippen LogP contribution in [0.1, 0.15) is 44.7 Å². The number of anilines is 1.